The average molecular weight is 364 g/mol. The average Bonchev–Trinajstić information content (AvgIpc) is 3.17. The lowest BCUT2D eigenvalue weighted by Crippen LogP contribution is -2.34. The number of fused-ring (bicyclic) bond motifs is 1. The first kappa shape index (κ1) is 16.4. The van der Waals surface area contributed by atoms with Crippen molar-refractivity contribution in [2.24, 2.45) is 0 Å². The van der Waals surface area contributed by atoms with Crippen molar-refractivity contribution in [3.8, 4) is 22.8 Å². The molecule has 0 bridgehead atoms. The van der Waals surface area contributed by atoms with Crippen molar-refractivity contribution in [3.05, 3.63) is 30.0 Å². The molecule has 0 spiro atoms. The zero-order chi connectivity index (χ0) is 17.4. The van der Waals surface area contributed by atoms with Gasteiger partial charge in [-0.15, -0.1) is 0 Å². The SMILES string of the molecule is CS(=O)(=O)N1CCCCC[C@H]1c1cc(-c2ccc3c(c2)OCO3)on1. The summed E-state index contributed by atoms with van der Waals surface area (Å²) in [7, 11) is -3.29. The Kier molecular flexibility index (Phi) is 4.16. The molecule has 8 heteroatoms. The van der Waals surface area contributed by atoms with E-state index in [4.69, 9.17) is 14.0 Å². The van der Waals surface area contributed by atoms with E-state index >= 15 is 0 Å². The highest BCUT2D eigenvalue weighted by atomic mass is 32.2. The van der Waals surface area contributed by atoms with Crippen molar-refractivity contribution in [1.82, 2.24) is 9.46 Å². The van der Waals surface area contributed by atoms with Crippen LogP contribution in [0.3, 0.4) is 0 Å². The zero-order valence-electron chi connectivity index (χ0n) is 14.0. The minimum absolute atomic E-state index is 0.214. The summed E-state index contributed by atoms with van der Waals surface area (Å²) in [5.74, 6) is 1.96. The van der Waals surface area contributed by atoms with E-state index in [-0.39, 0.29) is 12.8 Å². The van der Waals surface area contributed by atoms with Crippen LogP contribution in [0.25, 0.3) is 11.3 Å². The van der Waals surface area contributed by atoms with Crippen LogP contribution in [0.15, 0.2) is 28.8 Å². The summed E-state index contributed by atoms with van der Waals surface area (Å²) in [4.78, 5) is 0. The highest BCUT2D eigenvalue weighted by molar-refractivity contribution is 7.88. The Morgan fingerprint density at radius 2 is 1.96 bits per heavy atom. The highest BCUT2D eigenvalue weighted by Gasteiger charge is 2.31. The molecule has 1 aromatic carbocycles. The van der Waals surface area contributed by atoms with Gasteiger partial charge in [-0.3, -0.25) is 0 Å². The van der Waals surface area contributed by atoms with Gasteiger partial charge >= 0.3 is 0 Å². The summed E-state index contributed by atoms with van der Waals surface area (Å²) in [6, 6.07) is 7.09. The van der Waals surface area contributed by atoms with Gasteiger partial charge in [0.15, 0.2) is 17.3 Å². The second kappa shape index (κ2) is 6.34. The quantitative estimate of drug-likeness (QED) is 0.833. The standard InChI is InChI=1S/C17H20N2O5S/c1-25(20,21)19-8-4-2-3-5-14(19)13-10-16(24-18-13)12-6-7-15-17(9-12)23-11-22-15/h6-7,9-10,14H,2-5,8,11H2,1H3/t14-/m0/s1. The van der Waals surface area contributed by atoms with Crippen LogP contribution in [0.1, 0.15) is 37.4 Å². The van der Waals surface area contributed by atoms with Crippen molar-refractivity contribution in [2.75, 3.05) is 19.6 Å². The topological polar surface area (TPSA) is 81.9 Å². The van der Waals surface area contributed by atoms with Crippen LogP contribution >= 0.6 is 0 Å². The Morgan fingerprint density at radius 3 is 2.80 bits per heavy atom. The first-order valence-electron chi connectivity index (χ1n) is 8.36. The number of hydrogen-bond acceptors (Lipinski definition) is 6. The lowest BCUT2D eigenvalue weighted by atomic mass is 10.1. The van der Waals surface area contributed by atoms with Gasteiger partial charge in [0.1, 0.15) is 5.69 Å². The molecular formula is C17H20N2O5S. The molecule has 0 saturated carbocycles. The molecule has 7 nitrogen and oxygen atoms in total. The van der Waals surface area contributed by atoms with Crippen LogP contribution in [0.5, 0.6) is 11.5 Å². The maximum Gasteiger partial charge on any atom is 0.231 e. The van der Waals surface area contributed by atoms with Gasteiger partial charge in [0.25, 0.3) is 0 Å². The number of ether oxygens (including phenoxy) is 2. The fourth-order valence-electron chi connectivity index (χ4n) is 3.41. The van der Waals surface area contributed by atoms with Gasteiger partial charge in [-0.25, -0.2) is 8.42 Å². The van der Waals surface area contributed by atoms with Gasteiger partial charge in [0, 0.05) is 18.2 Å². The third-order valence-corrected chi connectivity index (χ3v) is 5.95. The minimum atomic E-state index is -3.29. The van der Waals surface area contributed by atoms with Crippen LogP contribution < -0.4 is 9.47 Å². The molecule has 134 valence electrons. The van der Waals surface area contributed by atoms with E-state index in [9.17, 15) is 8.42 Å². The second-order valence-corrected chi connectivity index (χ2v) is 8.36. The Morgan fingerprint density at radius 1 is 1.12 bits per heavy atom. The van der Waals surface area contributed by atoms with E-state index in [1.165, 1.54) is 6.26 Å². The highest BCUT2D eigenvalue weighted by Crippen LogP contribution is 2.38. The molecule has 1 saturated heterocycles. The van der Waals surface area contributed by atoms with Gasteiger partial charge < -0.3 is 14.0 Å². The van der Waals surface area contributed by atoms with E-state index < -0.39 is 10.0 Å². The molecule has 1 fully saturated rings. The summed E-state index contributed by atoms with van der Waals surface area (Å²) in [6.07, 6.45) is 4.87. The maximum absolute atomic E-state index is 12.2. The third kappa shape index (κ3) is 3.23. The Hall–Kier alpha value is -2.06. The molecule has 0 radical (unpaired) electrons. The molecule has 2 aliphatic rings. The van der Waals surface area contributed by atoms with E-state index in [2.05, 4.69) is 5.16 Å². The summed E-state index contributed by atoms with van der Waals surface area (Å²) in [5, 5.41) is 4.16. The number of nitrogens with zero attached hydrogens (tertiary/aromatic N) is 2. The fraction of sp³-hybridized carbons (Fsp3) is 0.471. The van der Waals surface area contributed by atoms with E-state index in [1.807, 2.05) is 24.3 Å². The first-order valence-corrected chi connectivity index (χ1v) is 10.2. The number of benzene rings is 1. The van der Waals surface area contributed by atoms with Crippen LogP contribution in [0, 0.1) is 0 Å². The lowest BCUT2D eigenvalue weighted by Gasteiger charge is -2.25. The van der Waals surface area contributed by atoms with Gasteiger partial charge in [-0.1, -0.05) is 18.0 Å². The molecule has 2 aromatic rings. The molecule has 1 atom stereocenters. The predicted molar refractivity (Wildman–Crippen MR) is 90.8 cm³/mol. The molecular weight excluding hydrogens is 344 g/mol. The number of rotatable bonds is 3. The Balaban J connectivity index is 1.65. The molecule has 0 aliphatic carbocycles. The molecule has 25 heavy (non-hydrogen) atoms. The normalized spacial score (nSPS) is 21.2. The monoisotopic (exact) mass is 364 g/mol. The molecule has 3 heterocycles. The largest absolute Gasteiger partial charge is 0.454 e. The van der Waals surface area contributed by atoms with Crippen LogP contribution in [-0.4, -0.2) is 37.5 Å². The fourth-order valence-corrected chi connectivity index (χ4v) is 4.54. The van der Waals surface area contributed by atoms with Crippen molar-refractivity contribution in [3.63, 3.8) is 0 Å². The number of hydrogen-bond donors (Lipinski definition) is 0. The van der Waals surface area contributed by atoms with Crippen molar-refractivity contribution in [1.29, 1.82) is 0 Å². The Labute approximate surface area is 146 Å². The van der Waals surface area contributed by atoms with Gasteiger partial charge in [-0.05, 0) is 31.0 Å². The molecule has 2 aliphatic heterocycles. The maximum atomic E-state index is 12.2. The van der Waals surface area contributed by atoms with Crippen molar-refractivity contribution < 1.29 is 22.4 Å². The summed E-state index contributed by atoms with van der Waals surface area (Å²) >= 11 is 0. The first-order chi connectivity index (χ1) is 12.0. The van der Waals surface area contributed by atoms with Crippen LogP contribution in [0.4, 0.5) is 0 Å². The van der Waals surface area contributed by atoms with Gasteiger partial charge in [0.2, 0.25) is 16.8 Å². The zero-order valence-corrected chi connectivity index (χ0v) is 14.8. The second-order valence-electron chi connectivity index (χ2n) is 6.42. The van der Waals surface area contributed by atoms with Gasteiger partial charge in [0.05, 0.1) is 12.3 Å². The predicted octanol–water partition coefficient (Wildman–Crippen LogP) is 2.95. The molecule has 0 unspecified atom stereocenters. The molecule has 1 aromatic heterocycles. The summed E-state index contributed by atoms with van der Waals surface area (Å²) in [5.41, 5.74) is 1.47. The molecule has 0 amide bonds. The molecule has 4 rings (SSSR count). The minimum Gasteiger partial charge on any atom is -0.454 e. The number of aromatic nitrogens is 1. The summed E-state index contributed by atoms with van der Waals surface area (Å²) in [6.45, 7) is 0.738. The molecule has 0 N–H and O–H groups in total. The van der Waals surface area contributed by atoms with E-state index in [1.54, 1.807) is 4.31 Å². The third-order valence-electron chi connectivity index (χ3n) is 4.66. The van der Waals surface area contributed by atoms with Crippen LogP contribution in [0.2, 0.25) is 0 Å². The van der Waals surface area contributed by atoms with Crippen molar-refractivity contribution >= 4 is 10.0 Å². The van der Waals surface area contributed by atoms with Crippen LogP contribution in [-0.2, 0) is 10.0 Å². The van der Waals surface area contributed by atoms with E-state index in [0.29, 0.717) is 29.5 Å². The number of sulfonamides is 1. The van der Waals surface area contributed by atoms with E-state index in [0.717, 1.165) is 31.2 Å². The smallest absolute Gasteiger partial charge is 0.231 e. The Bertz CT molecular complexity index is 877. The van der Waals surface area contributed by atoms with Crippen molar-refractivity contribution in [2.45, 2.75) is 31.7 Å². The lowest BCUT2D eigenvalue weighted by molar-refractivity contribution is 0.174. The summed E-state index contributed by atoms with van der Waals surface area (Å²) < 4.78 is 42.1. The van der Waals surface area contributed by atoms with Gasteiger partial charge in [-0.2, -0.15) is 4.31 Å².